The van der Waals surface area contributed by atoms with E-state index in [0.29, 0.717) is 34.2 Å². The van der Waals surface area contributed by atoms with E-state index in [4.69, 9.17) is 19.9 Å². The fourth-order valence-electron chi connectivity index (χ4n) is 5.80. The van der Waals surface area contributed by atoms with Crippen molar-refractivity contribution in [3.8, 4) is 22.6 Å². The van der Waals surface area contributed by atoms with Gasteiger partial charge in [-0.2, -0.15) is 0 Å². The van der Waals surface area contributed by atoms with Gasteiger partial charge in [-0.3, -0.25) is 9.69 Å². The average molecular weight is 533 g/mol. The van der Waals surface area contributed by atoms with Gasteiger partial charge in [-0.15, -0.1) is 0 Å². The highest BCUT2D eigenvalue weighted by atomic mass is 19.1. The maximum Gasteiger partial charge on any atom is 0.253 e. The highest BCUT2D eigenvalue weighted by Crippen LogP contribution is 2.33. The molecule has 2 aliphatic heterocycles. The van der Waals surface area contributed by atoms with Crippen molar-refractivity contribution in [3.05, 3.63) is 71.2 Å². The Morgan fingerprint density at radius 3 is 2.59 bits per heavy atom. The summed E-state index contributed by atoms with van der Waals surface area (Å²) in [6.07, 6.45) is 6.91. The molecule has 2 N–H and O–H groups in total. The van der Waals surface area contributed by atoms with Gasteiger partial charge < -0.3 is 24.8 Å². The third-order valence-corrected chi connectivity index (χ3v) is 7.92. The minimum absolute atomic E-state index is 0.0663. The number of ether oxygens (including phenoxy) is 3. The number of aromatic nitrogens is 1. The number of nitrogens with two attached hydrogens (primary N) is 1. The molecule has 3 heterocycles. The Kier molecular flexibility index (Phi) is 7.34. The van der Waals surface area contributed by atoms with Gasteiger partial charge in [0.05, 0.1) is 6.61 Å². The molecule has 0 unspecified atom stereocenters. The van der Waals surface area contributed by atoms with Crippen LogP contribution in [-0.2, 0) is 18.0 Å². The van der Waals surface area contributed by atoms with Crippen molar-refractivity contribution in [1.29, 1.82) is 0 Å². The molecule has 1 saturated carbocycles. The maximum absolute atomic E-state index is 14.1. The summed E-state index contributed by atoms with van der Waals surface area (Å²) in [5, 5.41) is 0. The first-order valence-electron chi connectivity index (χ1n) is 13.6. The van der Waals surface area contributed by atoms with Gasteiger partial charge in [0.1, 0.15) is 18.2 Å². The molecule has 2 fully saturated rings. The molecule has 8 nitrogen and oxygen atoms in total. The Bertz CT molecular complexity index is 1340. The number of carbonyl (C=O) groups is 1. The van der Waals surface area contributed by atoms with Gasteiger partial charge in [-0.1, -0.05) is 25.0 Å². The van der Waals surface area contributed by atoms with E-state index >= 15 is 0 Å². The normalized spacial score (nSPS) is 18.0. The molecule has 0 atom stereocenters. The fourth-order valence-corrected chi connectivity index (χ4v) is 5.80. The van der Waals surface area contributed by atoms with Crippen molar-refractivity contribution in [1.82, 2.24) is 14.8 Å². The van der Waals surface area contributed by atoms with Crippen molar-refractivity contribution < 1.29 is 23.4 Å². The van der Waals surface area contributed by atoms with E-state index in [2.05, 4.69) is 9.88 Å². The van der Waals surface area contributed by atoms with Crippen LogP contribution in [0.2, 0.25) is 0 Å². The Morgan fingerprint density at radius 2 is 1.82 bits per heavy atom. The number of nitrogen functional groups attached to an aromatic ring is 1. The molecule has 3 aliphatic rings. The number of rotatable bonds is 6. The first kappa shape index (κ1) is 25.6. The van der Waals surface area contributed by atoms with E-state index in [-0.39, 0.29) is 37.5 Å². The number of hydrogen-bond donors (Lipinski definition) is 1. The number of amides is 1. The third kappa shape index (κ3) is 5.55. The largest absolute Gasteiger partial charge is 0.485 e. The molecule has 2 aromatic carbocycles. The molecule has 39 heavy (non-hydrogen) atoms. The summed E-state index contributed by atoms with van der Waals surface area (Å²) in [6.45, 7) is 3.91. The molecule has 6 rings (SSSR count). The Morgan fingerprint density at radius 1 is 1.05 bits per heavy atom. The van der Waals surface area contributed by atoms with Crippen LogP contribution in [0.1, 0.15) is 47.2 Å². The highest BCUT2D eigenvalue weighted by Gasteiger charge is 2.28. The Balaban J connectivity index is 1.11. The summed E-state index contributed by atoms with van der Waals surface area (Å²) in [5.41, 5.74) is 9.66. The first-order valence-corrected chi connectivity index (χ1v) is 13.6. The lowest BCUT2D eigenvalue weighted by Crippen LogP contribution is -2.51. The van der Waals surface area contributed by atoms with Gasteiger partial charge in [0.2, 0.25) is 0 Å². The van der Waals surface area contributed by atoms with Crippen LogP contribution >= 0.6 is 0 Å². The van der Waals surface area contributed by atoms with Crippen LogP contribution in [0.5, 0.6) is 11.5 Å². The summed E-state index contributed by atoms with van der Waals surface area (Å²) in [5.74, 6) is 0.880. The van der Waals surface area contributed by atoms with Gasteiger partial charge in [-0.25, -0.2) is 9.37 Å². The minimum Gasteiger partial charge on any atom is -0.485 e. The summed E-state index contributed by atoms with van der Waals surface area (Å²) in [6, 6.07) is 12.8. The molecule has 3 aromatic rings. The molecule has 1 aliphatic carbocycles. The van der Waals surface area contributed by atoms with Gasteiger partial charge in [0.25, 0.3) is 5.91 Å². The Hall–Kier alpha value is -3.69. The number of nitrogens with zero attached hydrogens (tertiary/aromatic N) is 3. The van der Waals surface area contributed by atoms with E-state index in [9.17, 15) is 9.18 Å². The molecule has 1 amide bonds. The molecule has 9 heteroatoms. The Labute approximate surface area is 227 Å². The summed E-state index contributed by atoms with van der Waals surface area (Å²) >= 11 is 0. The van der Waals surface area contributed by atoms with Gasteiger partial charge in [-0.05, 0) is 48.7 Å². The quantitative estimate of drug-likeness (QED) is 0.496. The van der Waals surface area contributed by atoms with Crippen LogP contribution in [-0.4, -0.2) is 59.7 Å². The molecular formula is C30H33FN4O4. The first-order chi connectivity index (χ1) is 19.0. The monoisotopic (exact) mass is 532 g/mol. The predicted molar refractivity (Wildman–Crippen MR) is 145 cm³/mol. The van der Waals surface area contributed by atoms with Crippen LogP contribution in [0.25, 0.3) is 11.1 Å². The van der Waals surface area contributed by atoms with Gasteiger partial charge in [0.15, 0.2) is 18.4 Å². The van der Waals surface area contributed by atoms with Crippen molar-refractivity contribution in [2.75, 3.05) is 38.7 Å². The fraction of sp³-hybridized carbons (Fsp3) is 0.400. The third-order valence-electron chi connectivity index (χ3n) is 7.92. The van der Waals surface area contributed by atoms with Crippen LogP contribution < -0.4 is 15.2 Å². The second kappa shape index (κ2) is 11.2. The van der Waals surface area contributed by atoms with Gasteiger partial charge in [0, 0.05) is 60.7 Å². The zero-order valence-electron chi connectivity index (χ0n) is 21.9. The molecule has 204 valence electrons. The number of piperazine rings is 1. The zero-order valence-corrected chi connectivity index (χ0v) is 21.9. The van der Waals surface area contributed by atoms with E-state index in [0.717, 1.165) is 37.3 Å². The molecule has 0 radical (unpaired) electrons. The minimum atomic E-state index is -0.383. The van der Waals surface area contributed by atoms with Crippen molar-refractivity contribution in [3.63, 3.8) is 0 Å². The molecule has 0 spiro atoms. The standard InChI is InChI=1S/C30H33FN4O4/c31-25-13-23-17-37-19-39-28(23)24(14-25)18-38-27-15-22(16-33-29(27)32)20-5-7-21(8-6-20)30(36)35-11-9-34(10-12-35)26-3-1-2-4-26/h5-8,13-16,26H,1-4,9-12,17-19H2,(H2,32,33). The number of carbonyl (C=O) groups excluding carboxylic acids is 1. The van der Waals surface area contributed by atoms with Crippen LogP contribution in [0.4, 0.5) is 10.2 Å². The number of halogens is 1. The average Bonchev–Trinajstić information content (AvgIpc) is 3.52. The second-order valence-corrected chi connectivity index (χ2v) is 10.4. The lowest BCUT2D eigenvalue weighted by Gasteiger charge is -2.38. The molecule has 1 aromatic heterocycles. The number of hydrogen-bond acceptors (Lipinski definition) is 7. The van der Waals surface area contributed by atoms with Crippen LogP contribution in [0, 0.1) is 5.82 Å². The van der Waals surface area contributed by atoms with Gasteiger partial charge >= 0.3 is 0 Å². The SMILES string of the molecule is Nc1ncc(-c2ccc(C(=O)N3CCN(C4CCCC4)CC3)cc2)cc1OCc1cc(F)cc2c1OCOC2. The summed E-state index contributed by atoms with van der Waals surface area (Å²) in [4.78, 5) is 21.9. The lowest BCUT2D eigenvalue weighted by atomic mass is 10.0. The number of benzene rings is 2. The van der Waals surface area contributed by atoms with Crippen LogP contribution in [0.15, 0.2) is 48.7 Å². The van der Waals surface area contributed by atoms with Crippen molar-refractivity contribution in [2.45, 2.75) is 44.9 Å². The lowest BCUT2D eigenvalue weighted by molar-refractivity contribution is -0.0178. The second-order valence-electron chi connectivity index (χ2n) is 10.4. The summed E-state index contributed by atoms with van der Waals surface area (Å²) < 4.78 is 30.9. The highest BCUT2D eigenvalue weighted by molar-refractivity contribution is 5.94. The molecule has 1 saturated heterocycles. The van der Waals surface area contributed by atoms with E-state index in [1.807, 2.05) is 29.2 Å². The molecular weight excluding hydrogens is 499 g/mol. The smallest absolute Gasteiger partial charge is 0.253 e. The maximum atomic E-state index is 14.1. The van der Waals surface area contributed by atoms with Crippen LogP contribution in [0.3, 0.4) is 0 Å². The molecule has 0 bridgehead atoms. The zero-order chi connectivity index (χ0) is 26.8. The number of anilines is 1. The van der Waals surface area contributed by atoms with E-state index < -0.39 is 0 Å². The van der Waals surface area contributed by atoms with E-state index in [1.54, 1.807) is 12.3 Å². The predicted octanol–water partition coefficient (Wildman–Crippen LogP) is 4.62. The summed E-state index contributed by atoms with van der Waals surface area (Å²) in [7, 11) is 0. The number of pyridine rings is 1. The van der Waals surface area contributed by atoms with E-state index in [1.165, 1.54) is 37.8 Å². The van der Waals surface area contributed by atoms with Crippen molar-refractivity contribution >= 4 is 11.7 Å². The van der Waals surface area contributed by atoms with Crippen molar-refractivity contribution in [2.24, 2.45) is 0 Å². The topological polar surface area (TPSA) is 90.2 Å². The number of fused-ring (bicyclic) bond motifs is 1.